The number of hydrogen-bond acceptors (Lipinski definition) is 2. The minimum absolute atomic E-state index is 0.440. The van der Waals surface area contributed by atoms with Crippen LogP contribution in [0.15, 0.2) is 18.2 Å². The van der Waals surface area contributed by atoms with Gasteiger partial charge in [0.2, 0.25) is 0 Å². The average Bonchev–Trinajstić information content (AvgIpc) is 2.55. The van der Waals surface area contributed by atoms with E-state index in [9.17, 15) is 0 Å². The quantitative estimate of drug-likeness (QED) is 0.744. The van der Waals surface area contributed by atoms with E-state index < -0.39 is 0 Å². The van der Waals surface area contributed by atoms with Crippen LogP contribution in [0.25, 0.3) is 0 Å². The number of nitrogens with one attached hydrogen (secondary N) is 1. The molecule has 1 rings (SSSR count). The first-order valence-electron chi connectivity index (χ1n) is 5.49. The third-order valence-corrected chi connectivity index (χ3v) is 4.14. The standard InChI is InChI=1S/C13H21NS/c1-6-9(2)7-12(14-5)13-8-10(3)11(4)15-13/h8,12,14H,2,6-7H2,1,3-5H3. The Balaban J connectivity index is 2.78. The zero-order chi connectivity index (χ0) is 11.4. The van der Waals surface area contributed by atoms with Crippen molar-refractivity contribution in [2.45, 2.75) is 39.7 Å². The predicted octanol–water partition coefficient (Wildman–Crippen LogP) is 3.98. The van der Waals surface area contributed by atoms with Crippen molar-refractivity contribution in [2.24, 2.45) is 0 Å². The van der Waals surface area contributed by atoms with Gasteiger partial charge in [-0.1, -0.05) is 19.1 Å². The van der Waals surface area contributed by atoms with Gasteiger partial charge in [-0.15, -0.1) is 11.3 Å². The minimum atomic E-state index is 0.440. The summed E-state index contributed by atoms with van der Waals surface area (Å²) in [6.45, 7) is 10.6. The van der Waals surface area contributed by atoms with Crippen LogP contribution in [0.4, 0.5) is 0 Å². The van der Waals surface area contributed by atoms with Crippen LogP contribution < -0.4 is 5.32 Å². The monoisotopic (exact) mass is 223 g/mol. The third kappa shape index (κ3) is 3.18. The molecule has 0 bridgehead atoms. The first-order chi connectivity index (χ1) is 7.08. The smallest absolute Gasteiger partial charge is 0.0450 e. The maximum Gasteiger partial charge on any atom is 0.0450 e. The van der Waals surface area contributed by atoms with Gasteiger partial charge in [0.05, 0.1) is 0 Å². The molecule has 0 aliphatic rings. The maximum atomic E-state index is 4.08. The average molecular weight is 223 g/mol. The Hall–Kier alpha value is -0.600. The summed E-state index contributed by atoms with van der Waals surface area (Å²) in [7, 11) is 2.03. The Morgan fingerprint density at radius 2 is 2.20 bits per heavy atom. The SMILES string of the molecule is C=C(CC)CC(NC)c1cc(C)c(C)s1. The topological polar surface area (TPSA) is 12.0 Å². The van der Waals surface area contributed by atoms with Crippen LogP contribution >= 0.6 is 11.3 Å². The maximum absolute atomic E-state index is 4.08. The number of rotatable bonds is 5. The van der Waals surface area contributed by atoms with Crippen LogP contribution in [0.5, 0.6) is 0 Å². The van der Waals surface area contributed by atoms with E-state index in [0.717, 1.165) is 12.8 Å². The van der Waals surface area contributed by atoms with Gasteiger partial charge in [0.15, 0.2) is 0 Å². The van der Waals surface area contributed by atoms with Gasteiger partial charge in [-0.3, -0.25) is 0 Å². The molecule has 0 amide bonds. The molecule has 0 aliphatic carbocycles. The second-order valence-electron chi connectivity index (χ2n) is 4.04. The molecule has 0 saturated carbocycles. The summed E-state index contributed by atoms with van der Waals surface area (Å²) in [6.07, 6.45) is 2.12. The van der Waals surface area contributed by atoms with Gasteiger partial charge in [-0.25, -0.2) is 0 Å². The van der Waals surface area contributed by atoms with E-state index in [1.807, 2.05) is 18.4 Å². The second-order valence-corrected chi connectivity index (χ2v) is 5.32. The molecule has 15 heavy (non-hydrogen) atoms. The summed E-state index contributed by atoms with van der Waals surface area (Å²) >= 11 is 1.90. The summed E-state index contributed by atoms with van der Waals surface area (Å²) in [5, 5.41) is 3.37. The number of thiophene rings is 1. The molecular formula is C13H21NS. The van der Waals surface area contributed by atoms with Crippen LogP contribution in [0.1, 0.15) is 41.1 Å². The van der Waals surface area contributed by atoms with Gasteiger partial charge in [0, 0.05) is 15.8 Å². The Kier molecular flexibility index (Phi) is 4.55. The van der Waals surface area contributed by atoms with Gasteiger partial charge in [0.25, 0.3) is 0 Å². The fourth-order valence-electron chi connectivity index (χ4n) is 1.55. The molecule has 1 nitrogen and oxygen atoms in total. The van der Waals surface area contributed by atoms with Crippen LogP contribution in [-0.2, 0) is 0 Å². The zero-order valence-corrected chi connectivity index (χ0v) is 11.0. The molecule has 1 aromatic heterocycles. The largest absolute Gasteiger partial charge is 0.312 e. The lowest BCUT2D eigenvalue weighted by atomic mass is 10.0. The fraction of sp³-hybridized carbons (Fsp3) is 0.538. The molecule has 1 atom stereocenters. The van der Waals surface area contributed by atoms with Gasteiger partial charge in [-0.05, 0) is 45.4 Å². The molecule has 0 radical (unpaired) electrons. The highest BCUT2D eigenvalue weighted by Gasteiger charge is 2.13. The van der Waals surface area contributed by atoms with E-state index in [2.05, 4.69) is 38.7 Å². The molecule has 0 aromatic carbocycles. The zero-order valence-electron chi connectivity index (χ0n) is 10.2. The fourth-order valence-corrected chi connectivity index (χ4v) is 2.70. The van der Waals surface area contributed by atoms with E-state index in [-0.39, 0.29) is 0 Å². The molecule has 2 heteroatoms. The highest BCUT2D eigenvalue weighted by molar-refractivity contribution is 7.12. The predicted molar refractivity (Wildman–Crippen MR) is 69.6 cm³/mol. The lowest BCUT2D eigenvalue weighted by molar-refractivity contribution is 0.592. The van der Waals surface area contributed by atoms with Crippen LogP contribution in [0, 0.1) is 13.8 Å². The van der Waals surface area contributed by atoms with Crippen molar-refractivity contribution in [3.8, 4) is 0 Å². The van der Waals surface area contributed by atoms with E-state index in [0.29, 0.717) is 6.04 Å². The summed E-state index contributed by atoms with van der Waals surface area (Å²) in [4.78, 5) is 2.86. The normalized spacial score (nSPS) is 12.8. The lowest BCUT2D eigenvalue weighted by Crippen LogP contribution is -2.15. The Labute approximate surface area is 97.2 Å². The van der Waals surface area contributed by atoms with Crippen molar-refractivity contribution in [1.82, 2.24) is 5.32 Å². The van der Waals surface area contributed by atoms with Crippen molar-refractivity contribution in [3.63, 3.8) is 0 Å². The lowest BCUT2D eigenvalue weighted by Gasteiger charge is -2.15. The highest BCUT2D eigenvalue weighted by atomic mass is 32.1. The molecule has 84 valence electrons. The van der Waals surface area contributed by atoms with E-state index >= 15 is 0 Å². The third-order valence-electron chi connectivity index (χ3n) is 2.87. The number of aryl methyl sites for hydroxylation is 2. The molecule has 1 N–H and O–H groups in total. The van der Waals surface area contributed by atoms with E-state index in [1.165, 1.54) is 20.9 Å². The van der Waals surface area contributed by atoms with Gasteiger partial charge in [0.1, 0.15) is 0 Å². The Morgan fingerprint density at radius 3 is 2.60 bits per heavy atom. The van der Waals surface area contributed by atoms with Crippen LogP contribution in [0.3, 0.4) is 0 Å². The molecule has 0 aliphatic heterocycles. The summed E-state index contributed by atoms with van der Waals surface area (Å²) in [5.74, 6) is 0. The molecule has 1 unspecified atom stereocenters. The summed E-state index contributed by atoms with van der Waals surface area (Å²) < 4.78 is 0. The van der Waals surface area contributed by atoms with E-state index in [4.69, 9.17) is 0 Å². The second kappa shape index (κ2) is 5.47. The van der Waals surface area contributed by atoms with Crippen LogP contribution in [-0.4, -0.2) is 7.05 Å². The minimum Gasteiger partial charge on any atom is -0.312 e. The van der Waals surface area contributed by atoms with Crippen LogP contribution in [0.2, 0.25) is 0 Å². The molecule has 0 saturated heterocycles. The van der Waals surface area contributed by atoms with Gasteiger partial charge in [-0.2, -0.15) is 0 Å². The molecule has 1 aromatic rings. The highest BCUT2D eigenvalue weighted by Crippen LogP contribution is 2.30. The van der Waals surface area contributed by atoms with E-state index in [1.54, 1.807) is 0 Å². The van der Waals surface area contributed by atoms with Crippen molar-refractivity contribution in [1.29, 1.82) is 0 Å². The number of hydrogen-bond donors (Lipinski definition) is 1. The summed E-state index contributed by atoms with van der Waals surface area (Å²) in [5.41, 5.74) is 2.72. The first kappa shape index (κ1) is 12.5. The van der Waals surface area contributed by atoms with Crippen molar-refractivity contribution < 1.29 is 0 Å². The molecule has 0 fully saturated rings. The van der Waals surface area contributed by atoms with Crippen molar-refractivity contribution >= 4 is 11.3 Å². The van der Waals surface area contributed by atoms with Crippen molar-refractivity contribution in [2.75, 3.05) is 7.05 Å². The van der Waals surface area contributed by atoms with Crippen molar-refractivity contribution in [3.05, 3.63) is 33.5 Å². The Bertz CT molecular complexity index is 319. The molecular weight excluding hydrogens is 202 g/mol. The van der Waals surface area contributed by atoms with Gasteiger partial charge < -0.3 is 5.32 Å². The molecule has 0 spiro atoms. The Morgan fingerprint density at radius 1 is 1.53 bits per heavy atom. The molecule has 1 heterocycles. The van der Waals surface area contributed by atoms with Gasteiger partial charge >= 0.3 is 0 Å². The summed E-state index contributed by atoms with van der Waals surface area (Å²) in [6, 6.07) is 2.74. The first-order valence-corrected chi connectivity index (χ1v) is 6.31.